The molecule has 1 heterocycles. The Morgan fingerprint density at radius 1 is 1.09 bits per heavy atom. The number of anilines is 1. The number of hydrogen-bond donors (Lipinski definition) is 3. The summed E-state index contributed by atoms with van der Waals surface area (Å²) in [6, 6.07) is 11.7. The molecule has 33 heavy (non-hydrogen) atoms. The molecule has 0 unspecified atom stereocenters. The maximum absolute atomic E-state index is 13.1. The molecule has 1 aliphatic rings. The molecule has 178 valence electrons. The number of amides is 3. The van der Waals surface area contributed by atoms with Crippen LogP contribution in [0.2, 0.25) is 10.0 Å². The van der Waals surface area contributed by atoms with Crippen molar-refractivity contribution < 1.29 is 14.7 Å². The van der Waals surface area contributed by atoms with Gasteiger partial charge in [-0.2, -0.15) is 0 Å². The Balaban J connectivity index is 1.65. The molecule has 2 aromatic carbocycles. The van der Waals surface area contributed by atoms with E-state index in [2.05, 4.69) is 10.6 Å². The fourth-order valence-corrected chi connectivity index (χ4v) is 4.24. The topological polar surface area (TPSA) is 81.7 Å². The molecule has 0 bridgehead atoms. The number of rotatable bonds is 5. The second-order valence-corrected chi connectivity index (χ2v) is 10.4. The molecule has 0 saturated carbocycles. The van der Waals surface area contributed by atoms with Crippen molar-refractivity contribution in [2.75, 3.05) is 5.32 Å². The van der Waals surface area contributed by atoms with Gasteiger partial charge in [0.1, 0.15) is 0 Å². The minimum absolute atomic E-state index is 0.0145. The van der Waals surface area contributed by atoms with Crippen LogP contribution in [0.15, 0.2) is 42.5 Å². The molecule has 0 aromatic heterocycles. The van der Waals surface area contributed by atoms with Crippen LogP contribution in [0.5, 0.6) is 0 Å². The Labute approximate surface area is 205 Å². The zero-order chi connectivity index (χ0) is 24.3. The fraction of sp³-hybridized carbons (Fsp3) is 0.440. The predicted molar refractivity (Wildman–Crippen MR) is 133 cm³/mol. The molecule has 1 aliphatic heterocycles. The van der Waals surface area contributed by atoms with Crippen molar-refractivity contribution in [2.45, 2.75) is 65.3 Å². The Morgan fingerprint density at radius 3 is 2.36 bits per heavy atom. The summed E-state index contributed by atoms with van der Waals surface area (Å²) >= 11 is 12.1. The lowest BCUT2D eigenvalue weighted by Crippen LogP contribution is -2.45. The largest absolute Gasteiger partial charge is 0.386 e. The average molecular weight is 492 g/mol. The number of hydrogen-bond acceptors (Lipinski definition) is 3. The monoisotopic (exact) mass is 491 g/mol. The van der Waals surface area contributed by atoms with Crippen LogP contribution >= 0.6 is 23.2 Å². The molecule has 1 saturated heterocycles. The summed E-state index contributed by atoms with van der Waals surface area (Å²) in [6.07, 6.45) is 0.606. The zero-order valence-electron chi connectivity index (χ0n) is 19.4. The number of benzene rings is 2. The summed E-state index contributed by atoms with van der Waals surface area (Å²) in [4.78, 5) is 26.8. The van der Waals surface area contributed by atoms with Gasteiger partial charge in [0, 0.05) is 23.7 Å². The molecule has 1 fully saturated rings. The van der Waals surface area contributed by atoms with E-state index in [0.29, 0.717) is 34.3 Å². The van der Waals surface area contributed by atoms with E-state index < -0.39 is 11.5 Å². The van der Waals surface area contributed by atoms with Gasteiger partial charge in [0.2, 0.25) is 5.91 Å². The Bertz CT molecular complexity index is 1000. The van der Waals surface area contributed by atoms with Crippen molar-refractivity contribution in [2.24, 2.45) is 5.41 Å². The van der Waals surface area contributed by atoms with Gasteiger partial charge in [-0.15, -0.1) is 0 Å². The third kappa shape index (κ3) is 6.19. The predicted octanol–water partition coefficient (Wildman–Crippen LogP) is 5.77. The molecule has 3 amide bonds. The van der Waals surface area contributed by atoms with Crippen molar-refractivity contribution in [3.05, 3.63) is 63.6 Å². The van der Waals surface area contributed by atoms with Gasteiger partial charge in [0.15, 0.2) is 0 Å². The molecule has 6 nitrogen and oxygen atoms in total. The van der Waals surface area contributed by atoms with Crippen molar-refractivity contribution >= 4 is 40.8 Å². The van der Waals surface area contributed by atoms with E-state index in [0.717, 1.165) is 12.0 Å². The maximum Gasteiger partial charge on any atom is 0.322 e. The van der Waals surface area contributed by atoms with Gasteiger partial charge in [-0.25, -0.2) is 4.79 Å². The first-order valence-electron chi connectivity index (χ1n) is 11.1. The first kappa shape index (κ1) is 25.3. The summed E-state index contributed by atoms with van der Waals surface area (Å²) in [5, 5.41) is 17.6. The Hall–Kier alpha value is -2.28. The number of nitrogens with zero attached hydrogens (tertiary/aromatic N) is 1. The van der Waals surface area contributed by atoms with Crippen molar-refractivity contribution in [3.63, 3.8) is 0 Å². The standard InChI is InChI=1S/C25H31Cl2N3O3/c1-15-5-12-21(22(31)17-8-11-19(26)20(27)13-17)30(15)24(33)29-18-9-6-16(7-10-18)14-28-23(32)25(2,3)4/h6-11,13,15,21-22,31H,5,12,14H2,1-4H3,(H,28,32)(H,29,33)/t15-,21-,22-/m0/s1. The number of aliphatic hydroxyl groups excluding tert-OH is 1. The van der Waals surface area contributed by atoms with E-state index >= 15 is 0 Å². The summed E-state index contributed by atoms with van der Waals surface area (Å²) in [7, 11) is 0. The second kappa shape index (κ2) is 10.3. The quantitative estimate of drug-likeness (QED) is 0.495. The van der Waals surface area contributed by atoms with Crippen LogP contribution in [-0.2, 0) is 11.3 Å². The molecular weight excluding hydrogens is 461 g/mol. The van der Waals surface area contributed by atoms with Crippen LogP contribution in [0, 0.1) is 5.41 Å². The van der Waals surface area contributed by atoms with E-state index in [9.17, 15) is 14.7 Å². The highest BCUT2D eigenvalue weighted by Gasteiger charge is 2.39. The summed E-state index contributed by atoms with van der Waals surface area (Å²) < 4.78 is 0. The lowest BCUT2D eigenvalue weighted by molar-refractivity contribution is -0.128. The van der Waals surface area contributed by atoms with Gasteiger partial charge in [-0.1, -0.05) is 62.2 Å². The maximum atomic E-state index is 13.1. The van der Waals surface area contributed by atoms with Gasteiger partial charge < -0.3 is 20.6 Å². The number of carbonyl (C=O) groups is 2. The third-order valence-corrected chi connectivity index (χ3v) is 6.68. The van der Waals surface area contributed by atoms with Crippen LogP contribution in [0.4, 0.5) is 10.5 Å². The first-order valence-corrected chi connectivity index (χ1v) is 11.8. The average Bonchev–Trinajstić information content (AvgIpc) is 3.15. The van der Waals surface area contributed by atoms with Gasteiger partial charge in [-0.3, -0.25) is 4.79 Å². The van der Waals surface area contributed by atoms with Crippen molar-refractivity contribution in [3.8, 4) is 0 Å². The van der Waals surface area contributed by atoms with Crippen molar-refractivity contribution in [1.82, 2.24) is 10.2 Å². The van der Waals surface area contributed by atoms with Crippen LogP contribution in [-0.4, -0.2) is 34.0 Å². The number of nitrogens with one attached hydrogen (secondary N) is 2. The van der Waals surface area contributed by atoms with Crippen LogP contribution in [0.3, 0.4) is 0 Å². The molecule has 3 N–H and O–H groups in total. The second-order valence-electron chi connectivity index (χ2n) is 9.58. The molecule has 0 radical (unpaired) electrons. The Kier molecular flexibility index (Phi) is 7.93. The number of aliphatic hydroxyl groups is 1. The minimum Gasteiger partial charge on any atom is -0.386 e. The lowest BCUT2D eigenvalue weighted by Gasteiger charge is -2.32. The van der Waals surface area contributed by atoms with Crippen molar-refractivity contribution in [1.29, 1.82) is 0 Å². The van der Waals surface area contributed by atoms with E-state index in [1.807, 2.05) is 52.0 Å². The van der Waals surface area contributed by atoms with Crippen LogP contribution < -0.4 is 10.6 Å². The SMILES string of the molecule is C[C@H]1CC[C@@H]([C@@H](O)c2ccc(Cl)c(Cl)c2)N1C(=O)Nc1ccc(CNC(=O)C(C)(C)C)cc1. The number of halogens is 2. The number of carbonyl (C=O) groups excluding carboxylic acids is 2. The fourth-order valence-electron chi connectivity index (χ4n) is 3.94. The normalized spacial score (nSPS) is 19.3. The van der Waals surface area contributed by atoms with Crippen LogP contribution in [0.25, 0.3) is 0 Å². The summed E-state index contributed by atoms with van der Waals surface area (Å²) in [5.41, 5.74) is 1.77. The highest BCUT2D eigenvalue weighted by molar-refractivity contribution is 6.42. The zero-order valence-corrected chi connectivity index (χ0v) is 20.9. The van der Waals surface area contributed by atoms with Gasteiger partial charge >= 0.3 is 6.03 Å². The molecular formula is C25H31Cl2N3O3. The number of urea groups is 1. The first-order chi connectivity index (χ1) is 15.5. The summed E-state index contributed by atoms with van der Waals surface area (Å²) in [5.74, 6) is -0.0190. The Morgan fingerprint density at radius 2 is 1.76 bits per heavy atom. The summed E-state index contributed by atoms with van der Waals surface area (Å²) in [6.45, 7) is 8.00. The van der Waals surface area contributed by atoms with E-state index in [1.165, 1.54) is 0 Å². The van der Waals surface area contributed by atoms with E-state index in [-0.39, 0.29) is 24.0 Å². The van der Waals surface area contributed by atoms with Gasteiger partial charge in [0.25, 0.3) is 0 Å². The molecule has 0 spiro atoms. The van der Waals surface area contributed by atoms with Crippen LogP contribution in [0.1, 0.15) is 57.8 Å². The molecule has 3 rings (SSSR count). The molecule has 0 aliphatic carbocycles. The molecule has 8 heteroatoms. The lowest BCUT2D eigenvalue weighted by atomic mass is 9.95. The molecule has 3 atom stereocenters. The van der Waals surface area contributed by atoms with Gasteiger partial charge in [0.05, 0.1) is 22.2 Å². The van der Waals surface area contributed by atoms with E-state index in [4.69, 9.17) is 23.2 Å². The third-order valence-electron chi connectivity index (χ3n) is 5.94. The van der Waals surface area contributed by atoms with E-state index in [1.54, 1.807) is 23.1 Å². The highest BCUT2D eigenvalue weighted by atomic mass is 35.5. The van der Waals surface area contributed by atoms with Gasteiger partial charge in [-0.05, 0) is 55.2 Å². The smallest absolute Gasteiger partial charge is 0.322 e. The number of likely N-dealkylation sites (tertiary alicyclic amines) is 1. The minimum atomic E-state index is -0.871. The highest BCUT2D eigenvalue weighted by Crippen LogP contribution is 2.35. The molecule has 2 aromatic rings.